The van der Waals surface area contributed by atoms with Gasteiger partial charge in [0, 0.05) is 16.9 Å². The summed E-state index contributed by atoms with van der Waals surface area (Å²) in [5.41, 5.74) is 0. The van der Waals surface area contributed by atoms with Crippen molar-refractivity contribution in [3.63, 3.8) is 0 Å². The van der Waals surface area contributed by atoms with Crippen LogP contribution in [0.3, 0.4) is 0 Å². The lowest BCUT2D eigenvalue weighted by molar-refractivity contribution is -0.115. The maximum Gasteiger partial charge on any atom is 0.237 e. The van der Waals surface area contributed by atoms with Crippen molar-refractivity contribution in [1.29, 1.82) is 0 Å². The van der Waals surface area contributed by atoms with Crippen molar-refractivity contribution >= 4 is 50.8 Å². The third-order valence-corrected chi connectivity index (χ3v) is 3.43. The molecule has 2 nitrogen and oxygen atoms in total. The molecule has 66 valence electrons. The minimum atomic E-state index is 0.00711. The second kappa shape index (κ2) is 4.30. The van der Waals surface area contributed by atoms with Gasteiger partial charge in [-0.25, -0.2) is 0 Å². The maximum atomic E-state index is 11.2. The monoisotopic (exact) mass is 265 g/mol. The molecule has 1 aromatic heterocycles. The smallest absolute Gasteiger partial charge is 0.237 e. The van der Waals surface area contributed by atoms with E-state index in [1.54, 1.807) is 11.9 Å². The van der Waals surface area contributed by atoms with E-state index < -0.39 is 0 Å². The first kappa shape index (κ1) is 10.1. The highest BCUT2D eigenvalue weighted by Gasteiger charge is 2.09. The zero-order valence-corrected chi connectivity index (χ0v) is 9.75. The molecule has 0 spiro atoms. The Morgan fingerprint density at radius 3 is 2.92 bits per heavy atom. The lowest BCUT2D eigenvalue weighted by Crippen LogP contribution is -2.26. The molecule has 0 radical (unpaired) electrons. The molecule has 0 saturated carbocycles. The Labute approximate surface area is 89.1 Å². The Balaban J connectivity index is 2.77. The molecule has 0 unspecified atom stereocenters. The van der Waals surface area contributed by atoms with E-state index in [9.17, 15) is 4.79 Å². The number of rotatable bonds is 2. The van der Waals surface area contributed by atoms with Crippen molar-refractivity contribution < 1.29 is 4.79 Å². The molecule has 0 N–H and O–H groups in total. The molecule has 0 bridgehead atoms. The van der Waals surface area contributed by atoms with Gasteiger partial charge in [-0.1, -0.05) is 0 Å². The fraction of sp³-hybridized carbons (Fsp3) is 0.286. The molecule has 0 aliphatic heterocycles. The zero-order chi connectivity index (χ0) is 9.14. The largest absolute Gasteiger partial charge is 0.306 e. The minimum absolute atomic E-state index is 0.00711. The van der Waals surface area contributed by atoms with Crippen LogP contribution in [0.25, 0.3) is 0 Å². The van der Waals surface area contributed by atoms with E-state index in [2.05, 4.69) is 28.6 Å². The van der Waals surface area contributed by atoms with Gasteiger partial charge in [-0.05, 0) is 22.0 Å². The standard InChI is InChI=1S/C7H8BrNOS2/c1-9(6(10)3-11)7-2-5(8)4-12-7/h2,4,11H,3H2,1H3. The van der Waals surface area contributed by atoms with Crippen molar-refractivity contribution in [3.05, 3.63) is 15.9 Å². The number of thiol groups is 1. The summed E-state index contributed by atoms with van der Waals surface area (Å²) in [4.78, 5) is 12.8. The summed E-state index contributed by atoms with van der Waals surface area (Å²) in [5.74, 6) is 0.249. The predicted molar refractivity (Wildman–Crippen MR) is 59.3 cm³/mol. The second-order valence-corrected chi connectivity index (χ2v) is 4.34. The maximum absolute atomic E-state index is 11.2. The average Bonchev–Trinajstić information content (AvgIpc) is 2.49. The molecule has 5 heteroatoms. The van der Waals surface area contributed by atoms with Crippen molar-refractivity contribution in [2.75, 3.05) is 17.7 Å². The van der Waals surface area contributed by atoms with Crippen LogP contribution < -0.4 is 4.90 Å². The Bertz CT molecular complexity index is 287. The summed E-state index contributed by atoms with van der Waals surface area (Å²) in [5, 5.41) is 2.87. The van der Waals surface area contributed by atoms with E-state index >= 15 is 0 Å². The Morgan fingerprint density at radius 2 is 2.50 bits per heavy atom. The van der Waals surface area contributed by atoms with Gasteiger partial charge < -0.3 is 4.90 Å². The van der Waals surface area contributed by atoms with Gasteiger partial charge in [0.2, 0.25) is 5.91 Å². The molecule has 0 aromatic carbocycles. The lowest BCUT2D eigenvalue weighted by Gasteiger charge is -2.12. The Morgan fingerprint density at radius 1 is 1.83 bits per heavy atom. The van der Waals surface area contributed by atoms with Gasteiger partial charge in [-0.15, -0.1) is 11.3 Å². The second-order valence-electron chi connectivity index (χ2n) is 2.21. The topological polar surface area (TPSA) is 20.3 Å². The molecule has 0 aliphatic carbocycles. The van der Waals surface area contributed by atoms with E-state index in [0.717, 1.165) is 9.47 Å². The van der Waals surface area contributed by atoms with E-state index in [1.807, 2.05) is 11.4 Å². The van der Waals surface area contributed by atoms with Crippen molar-refractivity contribution in [2.45, 2.75) is 0 Å². The van der Waals surface area contributed by atoms with E-state index in [0.29, 0.717) is 0 Å². The fourth-order valence-electron chi connectivity index (χ4n) is 0.708. The number of carbonyl (C=O) groups excluding carboxylic acids is 1. The number of nitrogens with zero attached hydrogens (tertiary/aromatic N) is 1. The van der Waals surface area contributed by atoms with Crippen molar-refractivity contribution in [1.82, 2.24) is 0 Å². The van der Waals surface area contributed by atoms with E-state index in [4.69, 9.17) is 0 Å². The van der Waals surface area contributed by atoms with Crippen LogP contribution in [-0.4, -0.2) is 18.7 Å². The minimum Gasteiger partial charge on any atom is -0.306 e. The lowest BCUT2D eigenvalue weighted by atomic mass is 10.5. The SMILES string of the molecule is CN(C(=O)CS)c1cc(Br)cs1. The van der Waals surface area contributed by atoms with Crippen LogP contribution in [0.1, 0.15) is 0 Å². The molecule has 1 amide bonds. The molecular formula is C7H8BrNOS2. The normalized spacial score (nSPS) is 9.92. The highest BCUT2D eigenvalue weighted by molar-refractivity contribution is 9.10. The average molecular weight is 266 g/mol. The summed E-state index contributed by atoms with van der Waals surface area (Å²) in [6, 6.07) is 1.91. The molecule has 1 heterocycles. The zero-order valence-electron chi connectivity index (χ0n) is 6.45. The highest BCUT2D eigenvalue weighted by atomic mass is 79.9. The van der Waals surface area contributed by atoms with Crippen LogP contribution in [0.5, 0.6) is 0 Å². The summed E-state index contributed by atoms with van der Waals surface area (Å²) in [7, 11) is 1.75. The van der Waals surface area contributed by atoms with Crippen LogP contribution in [0.2, 0.25) is 0 Å². The van der Waals surface area contributed by atoms with Crippen LogP contribution in [0, 0.1) is 0 Å². The molecule has 0 atom stereocenters. The van der Waals surface area contributed by atoms with Crippen LogP contribution in [0.4, 0.5) is 5.00 Å². The first-order chi connectivity index (χ1) is 5.65. The predicted octanol–water partition coefficient (Wildman–Crippen LogP) is 2.40. The molecule has 0 aliphatic rings. The number of hydrogen-bond acceptors (Lipinski definition) is 3. The number of amides is 1. The van der Waals surface area contributed by atoms with Gasteiger partial charge >= 0.3 is 0 Å². The molecule has 0 fully saturated rings. The van der Waals surface area contributed by atoms with Crippen LogP contribution in [0.15, 0.2) is 15.9 Å². The Kier molecular flexibility index (Phi) is 3.61. The number of halogens is 1. The van der Waals surface area contributed by atoms with E-state index in [1.165, 1.54) is 11.3 Å². The van der Waals surface area contributed by atoms with Crippen molar-refractivity contribution in [2.24, 2.45) is 0 Å². The molecule has 12 heavy (non-hydrogen) atoms. The third kappa shape index (κ3) is 2.24. The van der Waals surface area contributed by atoms with Gasteiger partial charge in [0.25, 0.3) is 0 Å². The summed E-state index contributed by atoms with van der Waals surface area (Å²) < 4.78 is 1.00. The van der Waals surface area contributed by atoms with Crippen LogP contribution >= 0.6 is 39.9 Å². The number of anilines is 1. The molecule has 1 rings (SSSR count). The Hall–Kier alpha value is -0.0000000000000000833. The number of hydrogen-bond donors (Lipinski definition) is 1. The first-order valence-corrected chi connectivity index (χ1v) is 5.57. The first-order valence-electron chi connectivity index (χ1n) is 3.26. The summed E-state index contributed by atoms with van der Waals surface area (Å²) in [6.07, 6.45) is 0. The summed E-state index contributed by atoms with van der Waals surface area (Å²) in [6.45, 7) is 0. The quantitative estimate of drug-likeness (QED) is 0.815. The van der Waals surface area contributed by atoms with E-state index in [-0.39, 0.29) is 11.7 Å². The van der Waals surface area contributed by atoms with Gasteiger partial charge in [0.1, 0.15) is 0 Å². The van der Waals surface area contributed by atoms with Gasteiger partial charge in [-0.3, -0.25) is 4.79 Å². The molecular weight excluding hydrogens is 258 g/mol. The number of thiophene rings is 1. The van der Waals surface area contributed by atoms with Crippen molar-refractivity contribution in [3.8, 4) is 0 Å². The number of carbonyl (C=O) groups is 1. The molecule has 1 aromatic rings. The fourth-order valence-corrected chi connectivity index (χ4v) is 2.32. The van der Waals surface area contributed by atoms with Crippen LogP contribution in [-0.2, 0) is 4.79 Å². The molecule has 0 saturated heterocycles. The van der Waals surface area contributed by atoms with Gasteiger partial charge in [0.15, 0.2) is 0 Å². The third-order valence-electron chi connectivity index (χ3n) is 1.39. The highest BCUT2D eigenvalue weighted by Crippen LogP contribution is 2.27. The summed E-state index contributed by atoms with van der Waals surface area (Å²) >= 11 is 8.76. The van der Waals surface area contributed by atoms with Gasteiger partial charge in [0.05, 0.1) is 10.8 Å². The van der Waals surface area contributed by atoms with Gasteiger partial charge in [-0.2, -0.15) is 12.6 Å².